The van der Waals surface area contributed by atoms with Gasteiger partial charge < -0.3 is 21.9 Å². The van der Waals surface area contributed by atoms with Crippen LogP contribution in [0.5, 0.6) is 0 Å². The molecule has 6 N–H and O–H groups in total. The number of aliphatic hydroxyl groups is 1. The van der Waals surface area contributed by atoms with Gasteiger partial charge in [-0.1, -0.05) is 12.1 Å². The van der Waals surface area contributed by atoms with Crippen molar-refractivity contribution in [3.8, 4) is 0 Å². The van der Waals surface area contributed by atoms with Crippen LogP contribution in [0.25, 0.3) is 0 Å². The molecule has 1 amide bonds. The van der Waals surface area contributed by atoms with Crippen molar-refractivity contribution >= 4 is 40.8 Å². The van der Waals surface area contributed by atoms with Gasteiger partial charge in [-0.15, -0.1) is 0 Å². The Morgan fingerprint density at radius 1 is 1.43 bits per heavy atom. The number of amides is 1. The fraction of sp³-hybridized carbons (Fsp3) is 0.450. The molecule has 2 bridgehead atoms. The average Bonchev–Trinajstić information content (AvgIpc) is 3.27. The maximum atomic E-state index is 14.2. The molecule has 0 aliphatic heterocycles. The van der Waals surface area contributed by atoms with Gasteiger partial charge in [0.15, 0.2) is 11.6 Å². The van der Waals surface area contributed by atoms with E-state index in [1.165, 1.54) is 0 Å². The molecule has 1 aromatic carbocycles. The second-order valence-corrected chi connectivity index (χ2v) is 9.50. The molecular weight excluding hydrogens is 429 g/mol. The molecule has 1 aromatic heterocycles. The van der Waals surface area contributed by atoms with E-state index in [-0.39, 0.29) is 34.2 Å². The third-order valence-corrected chi connectivity index (χ3v) is 7.71. The van der Waals surface area contributed by atoms with Crippen LogP contribution >= 0.6 is 23.4 Å². The van der Waals surface area contributed by atoms with Crippen LogP contribution in [0.2, 0.25) is 5.28 Å². The Hall–Kier alpha value is -2.10. The molecule has 2 aliphatic carbocycles. The highest BCUT2D eigenvalue weighted by Crippen LogP contribution is 2.53. The second-order valence-electron chi connectivity index (χ2n) is 7.89. The third kappa shape index (κ3) is 4.19. The van der Waals surface area contributed by atoms with Gasteiger partial charge in [0.05, 0.1) is 18.2 Å². The molecule has 1 heterocycles. The summed E-state index contributed by atoms with van der Waals surface area (Å²) in [5.41, 5.74) is 12.8. The van der Waals surface area contributed by atoms with E-state index >= 15 is 0 Å². The number of hydrogen-bond acceptors (Lipinski definition) is 7. The summed E-state index contributed by atoms with van der Waals surface area (Å²) in [6.07, 6.45) is 2.00. The number of fused-ring (bicyclic) bond motifs is 2. The maximum Gasteiger partial charge on any atom is 0.224 e. The molecular formula is C20H23ClFN5O2S. The summed E-state index contributed by atoms with van der Waals surface area (Å²) in [4.78, 5) is 19.6. The summed E-state index contributed by atoms with van der Waals surface area (Å²) in [6, 6.07) is 6.86. The first-order valence-corrected chi connectivity index (χ1v) is 11.1. The minimum absolute atomic E-state index is 0.0256. The number of nitrogens with one attached hydrogen (secondary N) is 1. The molecule has 6 atom stereocenters. The van der Waals surface area contributed by atoms with Crippen molar-refractivity contribution in [1.82, 2.24) is 9.97 Å². The number of nitrogen functional groups attached to an aromatic ring is 1. The van der Waals surface area contributed by atoms with Crippen molar-refractivity contribution in [1.29, 1.82) is 0 Å². The summed E-state index contributed by atoms with van der Waals surface area (Å²) in [5, 5.41) is 13.7. The number of aromatic nitrogens is 2. The molecule has 2 saturated carbocycles. The molecule has 6 unspecified atom stereocenters. The van der Waals surface area contributed by atoms with E-state index in [0.29, 0.717) is 11.4 Å². The number of benzene rings is 1. The maximum absolute atomic E-state index is 14.2. The Morgan fingerprint density at radius 3 is 2.97 bits per heavy atom. The van der Waals surface area contributed by atoms with E-state index in [1.54, 1.807) is 23.9 Å². The molecule has 0 spiro atoms. The molecule has 30 heavy (non-hydrogen) atoms. The van der Waals surface area contributed by atoms with E-state index in [0.717, 1.165) is 24.6 Å². The lowest BCUT2D eigenvalue weighted by Gasteiger charge is -2.35. The van der Waals surface area contributed by atoms with Crippen LogP contribution in [0.1, 0.15) is 24.5 Å². The Balaban J connectivity index is 1.47. The lowest BCUT2D eigenvalue weighted by atomic mass is 9.83. The van der Waals surface area contributed by atoms with Gasteiger partial charge in [-0.3, -0.25) is 4.79 Å². The SMILES string of the molecule is NC(=O)C1C2CC(SCC(O)c3cccc(N)c3)C(C2)C1Nc1nc(Cl)ncc1F. The van der Waals surface area contributed by atoms with Gasteiger partial charge in [0.2, 0.25) is 11.2 Å². The topological polar surface area (TPSA) is 127 Å². The van der Waals surface area contributed by atoms with Crippen molar-refractivity contribution in [3.05, 3.63) is 47.1 Å². The summed E-state index contributed by atoms with van der Waals surface area (Å²) in [5.74, 6) is -0.748. The van der Waals surface area contributed by atoms with Gasteiger partial charge in [-0.05, 0) is 54.0 Å². The standard InChI is InChI=1S/C20H23ClFN5O2S/c21-20-25-7-13(22)19(27-20)26-17-12-5-10(16(17)18(24)29)6-15(12)30-8-14(28)9-2-1-3-11(23)4-9/h1-4,7,10,12,14-17,28H,5-6,8,23H2,(H2,24,29)(H,25,26,27). The molecule has 0 radical (unpaired) electrons. The molecule has 4 rings (SSSR count). The second kappa shape index (κ2) is 8.56. The molecule has 2 aliphatic rings. The quantitative estimate of drug-likeness (QED) is 0.376. The lowest BCUT2D eigenvalue weighted by Crippen LogP contribution is -2.46. The van der Waals surface area contributed by atoms with Crippen molar-refractivity contribution in [2.75, 3.05) is 16.8 Å². The van der Waals surface area contributed by atoms with Crippen molar-refractivity contribution in [3.63, 3.8) is 0 Å². The Bertz CT molecular complexity index is 951. The van der Waals surface area contributed by atoms with E-state index in [9.17, 15) is 14.3 Å². The van der Waals surface area contributed by atoms with Crippen LogP contribution in [0, 0.1) is 23.6 Å². The van der Waals surface area contributed by atoms with Gasteiger partial charge in [-0.2, -0.15) is 16.7 Å². The number of hydrogen-bond donors (Lipinski definition) is 4. The zero-order chi connectivity index (χ0) is 21.4. The normalized spacial score (nSPS) is 28.4. The van der Waals surface area contributed by atoms with E-state index < -0.39 is 23.7 Å². The first-order chi connectivity index (χ1) is 14.3. The Kier molecular flexibility index (Phi) is 6.04. The Morgan fingerprint density at radius 2 is 2.23 bits per heavy atom. The first kappa shape index (κ1) is 21.1. The number of nitrogens with zero attached hydrogens (tertiary/aromatic N) is 2. The smallest absolute Gasteiger partial charge is 0.224 e. The highest BCUT2D eigenvalue weighted by molar-refractivity contribution is 7.99. The number of anilines is 2. The minimum atomic E-state index is -0.644. The van der Waals surface area contributed by atoms with Gasteiger partial charge in [0.25, 0.3) is 0 Å². The summed E-state index contributed by atoms with van der Waals surface area (Å²) in [6.45, 7) is 0. The van der Waals surface area contributed by atoms with Crippen LogP contribution in [0.3, 0.4) is 0 Å². The number of aliphatic hydroxyl groups excluding tert-OH is 1. The van der Waals surface area contributed by atoms with Crippen LogP contribution in [0.4, 0.5) is 15.9 Å². The van der Waals surface area contributed by atoms with Gasteiger partial charge in [0.1, 0.15) is 0 Å². The largest absolute Gasteiger partial charge is 0.399 e. The zero-order valence-electron chi connectivity index (χ0n) is 16.0. The number of primary amides is 1. The zero-order valence-corrected chi connectivity index (χ0v) is 17.6. The molecule has 7 nitrogen and oxygen atoms in total. The highest BCUT2D eigenvalue weighted by Gasteiger charge is 2.55. The molecule has 10 heteroatoms. The van der Waals surface area contributed by atoms with Crippen LogP contribution in [0.15, 0.2) is 30.5 Å². The van der Waals surface area contributed by atoms with Gasteiger partial charge >= 0.3 is 0 Å². The predicted molar refractivity (Wildman–Crippen MR) is 115 cm³/mol. The highest BCUT2D eigenvalue weighted by atomic mass is 35.5. The summed E-state index contributed by atoms with van der Waals surface area (Å²) >= 11 is 7.46. The van der Waals surface area contributed by atoms with Crippen molar-refractivity contribution in [2.45, 2.75) is 30.2 Å². The summed E-state index contributed by atoms with van der Waals surface area (Å²) in [7, 11) is 0. The molecule has 2 fully saturated rings. The number of nitrogens with two attached hydrogens (primary N) is 2. The average molecular weight is 452 g/mol. The molecule has 0 saturated heterocycles. The van der Waals surface area contributed by atoms with E-state index in [4.69, 9.17) is 23.1 Å². The van der Waals surface area contributed by atoms with E-state index in [1.807, 2.05) is 12.1 Å². The fourth-order valence-electron chi connectivity index (χ4n) is 4.78. The molecule has 2 aromatic rings. The lowest BCUT2D eigenvalue weighted by molar-refractivity contribution is -0.123. The predicted octanol–water partition coefficient (Wildman–Crippen LogP) is 2.61. The number of carbonyl (C=O) groups is 1. The van der Waals surface area contributed by atoms with Crippen molar-refractivity contribution in [2.24, 2.45) is 23.5 Å². The third-order valence-electron chi connectivity index (χ3n) is 6.05. The van der Waals surface area contributed by atoms with Crippen LogP contribution in [-0.2, 0) is 4.79 Å². The van der Waals surface area contributed by atoms with Crippen molar-refractivity contribution < 1.29 is 14.3 Å². The van der Waals surface area contributed by atoms with Crippen LogP contribution in [-0.4, -0.2) is 38.0 Å². The fourth-order valence-corrected chi connectivity index (χ4v) is 6.45. The molecule has 160 valence electrons. The minimum Gasteiger partial charge on any atom is -0.399 e. The number of thioether (sulfide) groups is 1. The van der Waals surface area contributed by atoms with Gasteiger partial charge in [0, 0.05) is 22.7 Å². The first-order valence-electron chi connectivity index (χ1n) is 9.72. The number of halogens is 2. The Labute approximate surface area is 182 Å². The van der Waals surface area contributed by atoms with Gasteiger partial charge in [-0.25, -0.2) is 9.37 Å². The monoisotopic (exact) mass is 451 g/mol. The number of rotatable bonds is 7. The van der Waals surface area contributed by atoms with Crippen LogP contribution < -0.4 is 16.8 Å². The van der Waals surface area contributed by atoms with E-state index in [2.05, 4.69) is 15.3 Å². The summed E-state index contributed by atoms with van der Waals surface area (Å²) < 4.78 is 14.2. The number of carbonyl (C=O) groups excluding carboxylic acids is 1.